The minimum Gasteiger partial charge on any atom is -0.456 e. The minimum atomic E-state index is -1.52. The van der Waals surface area contributed by atoms with Gasteiger partial charge in [-0.3, -0.25) is 14.4 Å². The fourth-order valence-corrected chi connectivity index (χ4v) is 3.49. The van der Waals surface area contributed by atoms with Crippen molar-refractivity contribution in [2.75, 3.05) is 6.61 Å². The van der Waals surface area contributed by atoms with Crippen LogP contribution in [0.15, 0.2) is 30.3 Å². The number of hydrogen-bond acceptors (Lipinski definition) is 11. The third-order valence-electron chi connectivity index (χ3n) is 4.80. The van der Waals surface area contributed by atoms with Gasteiger partial charge in [-0.05, 0) is 26.3 Å². The van der Waals surface area contributed by atoms with E-state index in [0.717, 1.165) is 20.8 Å². The number of rotatable bonds is 8. The molecular weight excluding hydrogens is 490 g/mol. The van der Waals surface area contributed by atoms with E-state index in [1.807, 2.05) is 0 Å². The van der Waals surface area contributed by atoms with Crippen LogP contribution in [0.25, 0.3) is 0 Å². The van der Waals surface area contributed by atoms with Crippen molar-refractivity contribution in [3.8, 4) is 0 Å². The lowest BCUT2D eigenvalue weighted by molar-refractivity contribution is -0.274. The molecule has 1 aliphatic rings. The van der Waals surface area contributed by atoms with Gasteiger partial charge in [-0.2, -0.15) is 0 Å². The van der Waals surface area contributed by atoms with Crippen LogP contribution >= 0.6 is 0 Å². The zero-order valence-electron chi connectivity index (χ0n) is 21.7. The van der Waals surface area contributed by atoms with E-state index in [4.69, 9.17) is 28.4 Å². The van der Waals surface area contributed by atoms with Crippen molar-refractivity contribution in [2.45, 2.75) is 84.2 Å². The molecule has 0 spiro atoms. The summed E-state index contributed by atoms with van der Waals surface area (Å²) in [4.78, 5) is 61.0. The number of benzene rings is 1. The predicted molar refractivity (Wildman–Crippen MR) is 126 cm³/mol. The zero-order valence-corrected chi connectivity index (χ0v) is 21.7. The summed E-state index contributed by atoms with van der Waals surface area (Å²) in [6, 6.07) is 7.57. The lowest BCUT2D eigenvalue weighted by Gasteiger charge is -2.40. The summed E-state index contributed by atoms with van der Waals surface area (Å²) < 4.78 is 32.0. The molecule has 0 saturated carbocycles. The Morgan fingerprint density at radius 2 is 1.49 bits per heavy atom. The summed E-state index contributed by atoms with van der Waals surface area (Å²) in [5.41, 5.74) is -0.133. The molecule has 0 aliphatic carbocycles. The number of carbonyl (C=O) groups excluding carboxylic acids is 5. The molecule has 0 aromatic heterocycles. The minimum absolute atomic E-state index is 0.0241. The van der Waals surface area contributed by atoms with Crippen LogP contribution in [-0.2, 0) is 54.0 Å². The zero-order chi connectivity index (χ0) is 27.8. The second-order valence-corrected chi connectivity index (χ2v) is 9.32. The smallest absolute Gasteiger partial charge is 0.408 e. The highest BCUT2D eigenvalue weighted by Gasteiger charge is 2.49. The number of alkyl carbamates (subject to hydrolysis) is 1. The summed E-state index contributed by atoms with van der Waals surface area (Å²) in [6.07, 6.45) is -6.35. The largest absolute Gasteiger partial charge is 0.456 e. The average molecular weight is 524 g/mol. The Bertz CT molecular complexity index is 973. The van der Waals surface area contributed by atoms with Crippen LogP contribution in [-0.4, -0.2) is 72.8 Å². The Labute approximate surface area is 214 Å². The van der Waals surface area contributed by atoms with Crippen molar-refractivity contribution in [2.24, 2.45) is 0 Å². The topological polar surface area (TPSA) is 153 Å². The molecule has 1 aromatic carbocycles. The van der Waals surface area contributed by atoms with E-state index in [9.17, 15) is 24.0 Å². The number of amides is 1. The van der Waals surface area contributed by atoms with E-state index in [-0.39, 0.29) is 13.0 Å². The SMILES string of the molecule is CC(=O)OC1COC(OC(C)=O)C(OC(=O)C(Cc2ccccc2)NC(=O)OC(C)(C)C)C1OC(C)=O. The lowest BCUT2D eigenvalue weighted by Crippen LogP contribution is -2.59. The highest BCUT2D eigenvalue weighted by molar-refractivity contribution is 5.82. The third kappa shape index (κ3) is 10.1. The number of nitrogens with one attached hydrogen (secondary N) is 1. The van der Waals surface area contributed by atoms with Gasteiger partial charge in [0.05, 0.1) is 6.61 Å². The Morgan fingerprint density at radius 1 is 0.892 bits per heavy atom. The molecule has 1 heterocycles. The molecule has 1 aliphatic heterocycles. The molecule has 5 unspecified atom stereocenters. The first-order valence-corrected chi connectivity index (χ1v) is 11.6. The van der Waals surface area contributed by atoms with Crippen LogP contribution in [0.3, 0.4) is 0 Å². The molecule has 1 saturated heterocycles. The highest BCUT2D eigenvalue weighted by atomic mass is 16.7. The van der Waals surface area contributed by atoms with Crippen molar-refractivity contribution in [3.63, 3.8) is 0 Å². The molecule has 1 N–H and O–H groups in total. The van der Waals surface area contributed by atoms with Crippen molar-refractivity contribution in [1.29, 1.82) is 0 Å². The first kappa shape index (κ1) is 29.6. The van der Waals surface area contributed by atoms with E-state index in [0.29, 0.717) is 5.56 Å². The van der Waals surface area contributed by atoms with Crippen LogP contribution in [0.5, 0.6) is 0 Å². The van der Waals surface area contributed by atoms with Crippen LogP contribution < -0.4 is 5.32 Å². The Morgan fingerprint density at radius 3 is 2.03 bits per heavy atom. The molecule has 1 aromatic rings. The maximum absolute atomic E-state index is 13.4. The van der Waals surface area contributed by atoms with Gasteiger partial charge in [0, 0.05) is 27.2 Å². The van der Waals surface area contributed by atoms with Crippen LogP contribution in [0.2, 0.25) is 0 Å². The standard InChI is InChI=1S/C25H33NO11/c1-14(27)33-19-13-32-23(35-16(3)29)21(20(19)34-15(2)28)36-22(30)18(12-17-10-8-7-9-11-17)26-24(31)37-25(4,5)6/h7-11,18-21,23H,12-13H2,1-6H3,(H,26,31). The normalized spacial score (nSPS) is 22.1. The average Bonchev–Trinajstić information content (AvgIpc) is 2.75. The van der Waals surface area contributed by atoms with Gasteiger partial charge < -0.3 is 33.7 Å². The van der Waals surface area contributed by atoms with Crippen LogP contribution in [0, 0.1) is 0 Å². The molecule has 2 rings (SSSR count). The number of carbonyl (C=O) groups is 5. The van der Waals surface area contributed by atoms with Gasteiger partial charge in [-0.15, -0.1) is 0 Å². The first-order valence-electron chi connectivity index (χ1n) is 11.6. The van der Waals surface area contributed by atoms with Gasteiger partial charge in [-0.1, -0.05) is 30.3 Å². The molecular formula is C25H33NO11. The number of esters is 4. The van der Waals surface area contributed by atoms with Gasteiger partial charge >= 0.3 is 30.0 Å². The predicted octanol–water partition coefficient (Wildman–Crippen LogP) is 1.82. The van der Waals surface area contributed by atoms with E-state index in [1.165, 1.54) is 0 Å². The van der Waals surface area contributed by atoms with Gasteiger partial charge in [-0.25, -0.2) is 9.59 Å². The van der Waals surface area contributed by atoms with Crippen molar-refractivity contribution in [3.05, 3.63) is 35.9 Å². The van der Waals surface area contributed by atoms with Gasteiger partial charge in [0.25, 0.3) is 0 Å². The van der Waals surface area contributed by atoms with Crippen LogP contribution in [0.1, 0.15) is 47.1 Å². The third-order valence-corrected chi connectivity index (χ3v) is 4.80. The van der Waals surface area contributed by atoms with Crippen molar-refractivity contribution >= 4 is 30.0 Å². The summed E-state index contributed by atoms with van der Waals surface area (Å²) in [5, 5.41) is 2.49. The summed E-state index contributed by atoms with van der Waals surface area (Å²) in [7, 11) is 0. The van der Waals surface area contributed by atoms with E-state index in [2.05, 4.69) is 5.32 Å². The van der Waals surface area contributed by atoms with Crippen molar-refractivity contribution in [1.82, 2.24) is 5.32 Å². The van der Waals surface area contributed by atoms with Gasteiger partial charge in [0.2, 0.25) is 12.4 Å². The molecule has 37 heavy (non-hydrogen) atoms. The summed E-state index contributed by atoms with van der Waals surface area (Å²) in [5.74, 6) is -3.18. The fourth-order valence-electron chi connectivity index (χ4n) is 3.49. The maximum Gasteiger partial charge on any atom is 0.408 e. The molecule has 12 heteroatoms. The van der Waals surface area contributed by atoms with Crippen molar-refractivity contribution < 1.29 is 52.4 Å². The van der Waals surface area contributed by atoms with Crippen LogP contribution in [0.4, 0.5) is 4.79 Å². The quantitative estimate of drug-likeness (QED) is 0.392. The van der Waals surface area contributed by atoms with Gasteiger partial charge in [0.1, 0.15) is 11.6 Å². The Kier molecular flexibility index (Phi) is 10.4. The molecule has 12 nitrogen and oxygen atoms in total. The highest BCUT2D eigenvalue weighted by Crippen LogP contribution is 2.26. The molecule has 0 radical (unpaired) electrons. The molecule has 204 valence electrons. The molecule has 1 amide bonds. The van der Waals surface area contributed by atoms with E-state index < -0.39 is 66.2 Å². The lowest BCUT2D eigenvalue weighted by atomic mass is 10.0. The second-order valence-electron chi connectivity index (χ2n) is 9.32. The Hall–Kier alpha value is -3.67. The molecule has 0 bridgehead atoms. The van der Waals surface area contributed by atoms with Gasteiger partial charge in [0.15, 0.2) is 12.2 Å². The monoisotopic (exact) mass is 523 g/mol. The Balaban J connectivity index is 2.36. The fraction of sp³-hybridized carbons (Fsp3) is 0.560. The number of ether oxygens (including phenoxy) is 6. The van der Waals surface area contributed by atoms with E-state index in [1.54, 1.807) is 51.1 Å². The molecule has 5 atom stereocenters. The number of hydrogen-bond donors (Lipinski definition) is 1. The summed E-state index contributed by atoms with van der Waals surface area (Å²) >= 11 is 0. The molecule has 1 fully saturated rings. The first-order chi connectivity index (χ1) is 17.2. The summed E-state index contributed by atoms with van der Waals surface area (Å²) in [6.45, 7) is 8.07. The maximum atomic E-state index is 13.4. The van der Waals surface area contributed by atoms with E-state index >= 15 is 0 Å². The second kappa shape index (κ2) is 13.0.